The van der Waals surface area contributed by atoms with Crippen LogP contribution < -0.4 is 16.6 Å². The molecule has 0 spiro atoms. The van der Waals surface area contributed by atoms with Crippen LogP contribution in [-0.4, -0.2) is 34.8 Å². The summed E-state index contributed by atoms with van der Waals surface area (Å²) in [5.41, 5.74) is 3.36. The molecule has 1 saturated heterocycles. The maximum atomic E-state index is 13.5. The van der Waals surface area contributed by atoms with Gasteiger partial charge in [0.15, 0.2) is 0 Å². The Labute approximate surface area is 202 Å². The average molecular weight is 470 g/mol. The zero-order chi connectivity index (χ0) is 24.4. The molecular weight excluding hydrogens is 442 g/mol. The Morgan fingerprint density at radius 3 is 2.17 bits per heavy atom. The zero-order valence-electron chi connectivity index (χ0n) is 19.6. The molecule has 1 aromatic heterocycles. The van der Waals surface area contributed by atoms with E-state index in [9.17, 15) is 14.4 Å². The summed E-state index contributed by atoms with van der Waals surface area (Å²) < 4.78 is 8.04. The third-order valence-electron chi connectivity index (χ3n) is 6.41. The summed E-state index contributed by atoms with van der Waals surface area (Å²) >= 11 is 0. The molecule has 0 atom stereocenters. The van der Waals surface area contributed by atoms with Gasteiger partial charge in [0.1, 0.15) is 0 Å². The number of fused-ring (bicyclic) bond motifs is 1. The molecule has 1 aliphatic heterocycles. The molecular formula is C28H27N3O4. The number of hydrogen-bond acceptors (Lipinski definition) is 4. The van der Waals surface area contributed by atoms with E-state index in [4.69, 9.17) is 4.74 Å². The van der Waals surface area contributed by atoms with E-state index in [0.29, 0.717) is 48.7 Å². The Morgan fingerprint density at radius 1 is 0.886 bits per heavy atom. The van der Waals surface area contributed by atoms with Gasteiger partial charge in [-0.05, 0) is 42.3 Å². The van der Waals surface area contributed by atoms with E-state index in [1.165, 1.54) is 4.57 Å². The molecule has 1 aliphatic rings. The van der Waals surface area contributed by atoms with Crippen LogP contribution in [0.5, 0.6) is 0 Å². The summed E-state index contributed by atoms with van der Waals surface area (Å²) in [7, 11) is 0. The fourth-order valence-corrected chi connectivity index (χ4v) is 4.22. The van der Waals surface area contributed by atoms with E-state index in [1.807, 2.05) is 37.3 Å². The first-order valence-corrected chi connectivity index (χ1v) is 11.7. The Hall–Kier alpha value is -3.97. The number of carbonyl (C=O) groups excluding carboxylic acids is 1. The molecule has 0 aliphatic carbocycles. The van der Waals surface area contributed by atoms with Crippen molar-refractivity contribution < 1.29 is 9.53 Å². The molecule has 0 radical (unpaired) electrons. The lowest BCUT2D eigenvalue weighted by Gasteiger charge is -2.25. The molecule has 2 heterocycles. The molecule has 5 rings (SSSR count). The molecule has 0 unspecified atom stereocenters. The molecule has 7 nitrogen and oxygen atoms in total. The number of hydrogen-bond donors (Lipinski definition) is 1. The lowest BCUT2D eigenvalue weighted by Crippen LogP contribution is -2.40. The highest BCUT2D eigenvalue weighted by Gasteiger charge is 2.19. The van der Waals surface area contributed by atoms with Crippen molar-refractivity contribution in [3.8, 4) is 0 Å². The topological polar surface area (TPSA) is 82.3 Å². The second-order valence-corrected chi connectivity index (χ2v) is 9.07. The maximum absolute atomic E-state index is 13.5. The minimum atomic E-state index is -0.362. The predicted octanol–water partition coefficient (Wildman–Crippen LogP) is 2.94. The first kappa shape index (κ1) is 22.8. The average Bonchev–Trinajstić information content (AvgIpc) is 2.85. The number of rotatable bonds is 7. The molecule has 1 N–H and O–H groups in total. The molecule has 0 saturated carbocycles. The van der Waals surface area contributed by atoms with Crippen LogP contribution in [0.3, 0.4) is 0 Å². The van der Waals surface area contributed by atoms with Gasteiger partial charge in [0.2, 0.25) is 0 Å². The monoisotopic (exact) mass is 469 g/mol. The SMILES string of the molecule is Cc1ccc(Cn2c(=O)n(Cc3ccc(C(=O)NCC4COC4)cc3)c(=O)c3ccccc32)cc1. The van der Waals surface area contributed by atoms with Gasteiger partial charge in [0, 0.05) is 18.0 Å². The summed E-state index contributed by atoms with van der Waals surface area (Å²) in [6.45, 7) is 4.46. The Kier molecular flexibility index (Phi) is 6.33. The quantitative estimate of drug-likeness (QED) is 0.451. The van der Waals surface area contributed by atoms with Crippen molar-refractivity contribution in [1.29, 1.82) is 0 Å². The summed E-state index contributed by atoms with van der Waals surface area (Å²) in [6.07, 6.45) is 0. The second kappa shape index (κ2) is 9.72. The second-order valence-electron chi connectivity index (χ2n) is 9.07. The molecule has 178 valence electrons. The fourth-order valence-electron chi connectivity index (χ4n) is 4.22. The zero-order valence-corrected chi connectivity index (χ0v) is 19.6. The van der Waals surface area contributed by atoms with Crippen LogP contribution in [0.2, 0.25) is 0 Å². The molecule has 0 bridgehead atoms. The Bertz CT molecular complexity index is 1480. The largest absolute Gasteiger partial charge is 0.381 e. The van der Waals surface area contributed by atoms with E-state index in [1.54, 1.807) is 47.0 Å². The molecule has 4 aromatic rings. The highest BCUT2D eigenvalue weighted by atomic mass is 16.5. The lowest BCUT2D eigenvalue weighted by molar-refractivity contribution is -0.0298. The summed E-state index contributed by atoms with van der Waals surface area (Å²) in [5.74, 6) is 0.229. The van der Waals surface area contributed by atoms with Crippen molar-refractivity contribution in [3.63, 3.8) is 0 Å². The van der Waals surface area contributed by atoms with Crippen LogP contribution in [0.1, 0.15) is 27.0 Å². The van der Waals surface area contributed by atoms with Crippen molar-refractivity contribution in [3.05, 3.63) is 116 Å². The minimum Gasteiger partial charge on any atom is -0.381 e. The van der Waals surface area contributed by atoms with E-state index in [0.717, 1.165) is 16.7 Å². The van der Waals surface area contributed by atoms with Crippen LogP contribution in [0.4, 0.5) is 0 Å². The van der Waals surface area contributed by atoms with Gasteiger partial charge in [-0.3, -0.25) is 18.7 Å². The van der Waals surface area contributed by atoms with Gasteiger partial charge < -0.3 is 10.1 Å². The number of aryl methyl sites for hydroxylation is 1. The van der Waals surface area contributed by atoms with Crippen LogP contribution in [-0.2, 0) is 17.8 Å². The molecule has 7 heteroatoms. The fraction of sp³-hybridized carbons (Fsp3) is 0.250. The minimum absolute atomic E-state index is 0.123. The van der Waals surface area contributed by atoms with Crippen LogP contribution in [0, 0.1) is 12.8 Å². The van der Waals surface area contributed by atoms with E-state index in [2.05, 4.69) is 5.32 Å². The van der Waals surface area contributed by atoms with Crippen molar-refractivity contribution in [2.24, 2.45) is 5.92 Å². The molecule has 1 amide bonds. The number of aromatic nitrogens is 2. The van der Waals surface area contributed by atoms with Crippen molar-refractivity contribution in [1.82, 2.24) is 14.5 Å². The standard InChI is InChI=1S/C28H27N3O4/c1-19-6-8-20(9-7-19)15-30-25-5-3-2-4-24(25)27(33)31(28(30)34)16-21-10-12-23(13-11-21)26(32)29-14-22-17-35-18-22/h2-13,22H,14-18H2,1H3,(H,29,32). The first-order valence-electron chi connectivity index (χ1n) is 11.7. The van der Waals surface area contributed by atoms with Crippen molar-refractivity contribution in [2.45, 2.75) is 20.0 Å². The third kappa shape index (κ3) is 4.81. The van der Waals surface area contributed by atoms with E-state index >= 15 is 0 Å². The number of para-hydroxylation sites is 1. The third-order valence-corrected chi connectivity index (χ3v) is 6.41. The number of carbonyl (C=O) groups is 1. The maximum Gasteiger partial charge on any atom is 0.332 e. The van der Waals surface area contributed by atoms with Gasteiger partial charge in [-0.25, -0.2) is 4.79 Å². The van der Waals surface area contributed by atoms with Gasteiger partial charge in [0.05, 0.1) is 37.2 Å². The number of amides is 1. The number of ether oxygens (including phenoxy) is 1. The van der Waals surface area contributed by atoms with E-state index < -0.39 is 0 Å². The van der Waals surface area contributed by atoms with Crippen LogP contribution in [0.25, 0.3) is 10.9 Å². The van der Waals surface area contributed by atoms with Crippen LogP contribution >= 0.6 is 0 Å². The molecule has 1 fully saturated rings. The summed E-state index contributed by atoms with van der Waals surface area (Å²) in [6, 6.07) is 22.2. The Morgan fingerprint density at radius 2 is 1.51 bits per heavy atom. The van der Waals surface area contributed by atoms with Gasteiger partial charge in [-0.1, -0.05) is 54.1 Å². The van der Waals surface area contributed by atoms with Crippen LogP contribution in [0.15, 0.2) is 82.4 Å². The van der Waals surface area contributed by atoms with Gasteiger partial charge in [0.25, 0.3) is 11.5 Å². The van der Waals surface area contributed by atoms with Crippen molar-refractivity contribution >= 4 is 16.8 Å². The highest BCUT2D eigenvalue weighted by Crippen LogP contribution is 2.13. The number of nitrogens with zero attached hydrogens (tertiary/aromatic N) is 2. The molecule has 3 aromatic carbocycles. The predicted molar refractivity (Wildman–Crippen MR) is 135 cm³/mol. The summed E-state index contributed by atoms with van der Waals surface area (Å²) in [5, 5.41) is 3.41. The first-order chi connectivity index (χ1) is 17.0. The Balaban J connectivity index is 1.44. The van der Waals surface area contributed by atoms with Gasteiger partial charge in [-0.2, -0.15) is 0 Å². The normalized spacial score (nSPS) is 13.5. The lowest BCUT2D eigenvalue weighted by atomic mass is 10.1. The highest BCUT2D eigenvalue weighted by molar-refractivity contribution is 5.94. The number of benzene rings is 3. The smallest absolute Gasteiger partial charge is 0.332 e. The van der Waals surface area contributed by atoms with Crippen molar-refractivity contribution in [2.75, 3.05) is 19.8 Å². The van der Waals surface area contributed by atoms with Gasteiger partial charge in [-0.15, -0.1) is 0 Å². The summed E-state index contributed by atoms with van der Waals surface area (Å²) in [4.78, 5) is 39.1. The molecule has 35 heavy (non-hydrogen) atoms. The number of nitrogens with one attached hydrogen (secondary N) is 1. The van der Waals surface area contributed by atoms with Gasteiger partial charge >= 0.3 is 5.69 Å². The van der Waals surface area contributed by atoms with E-state index in [-0.39, 0.29) is 23.7 Å².